The molecule has 1 rings (SSSR count). The van der Waals surface area contributed by atoms with E-state index in [4.69, 9.17) is 5.84 Å². The van der Waals surface area contributed by atoms with Gasteiger partial charge in [0.2, 0.25) is 5.91 Å². The van der Waals surface area contributed by atoms with Crippen LogP contribution in [0.2, 0.25) is 0 Å². The molecule has 0 aliphatic carbocycles. The number of benzene rings is 1. The first-order valence-corrected chi connectivity index (χ1v) is 6.19. The van der Waals surface area contributed by atoms with Gasteiger partial charge in [0.25, 0.3) is 0 Å². The van der Waals surface area contributed by atoms with E-state index in [2.05, 4.69) is 0 Å². The molecular weight excluding hydrogens is 246 g/mol. The molecule has 6 heteroatoms. The minimum Gasteiger partial charge on any atom is -0.294 e. The number of carbonyl (C=O) groups is 1. The molecule has 0 radical (unpaired) electrons. The average Bonchev–Trinajstić information content (AvgIpc) is 2.32. The minimum atomic E-state index is -0.448. The molecule has 3 nitrogen and oxygen atoms in total. The van der Waals surface area contributed by atoms with E-state index in [0.717, 1.165) is 18.6 Å². The van der Waals surface area contributed by atoms with E-state index in [1.54, 1.807) is 0 Å². The lowest BCUT2D eigenvalue weighted by atomic mass is 10.2. The average molecular weight is 260 g/mol. The molecule has 0 aliphatic rings. The molecule has 0 aromatic heterocycles. The van der Waals surface area contributed by atoms with Crippen LogP contribution in [0.15, 0.2) is 23.1 Å². The monoisotopic (exact) mass is 260 g/mol. The summed E-state index contributed by atoms with van der Waals surface area (Å²) in [6.07, 6.45) is 1.77. The summed E-state index contributed by atoms with van der Waals surface area (Å²) in [4.78, 5) is 11.1. The largest absolute Gasteiger partial charge is 0.294 e. The number of amides is 1. The van der Waals surface area contributed by atoms with Gasteiger partial charge in [0.05, 0.1) is 0 Å². The van der Waals surface area contributed by atoms with E-state index < -0.39 is 11.6 Å². The van der Waals surface area contributed by atoms with E-state index in [0.29, 0.717) is 23.5 Å². The van der Waals surface area contributed by atoms with Crippen LogP contribution < -0.4 is 11.3 Å². The molecule has 0 saturated heterocycles. The molecular formula is C11H14F2N2OS. The number of carbonyl (C=O) groups excluding carboxylic acids is 1. The number of hydrazine groups is 1. The highest BCUT2D eigenvalue weighted by atomic mass is 32.2. The van der Waals surface area contributed by atoms with Gasteiger partial charge < -0.3 is 0 Å². The summed E-state index contributed by atoms with van der Waals surface area (Å²) < 4.78 is 26.0. The first-order chi connectivity index (χ1) is 8.13. The number of hydrogen-bond acceptors (Lipinski definition) is 3. The highest BCUT2D eigenvalue weighted by Gasteiger charge is 2.04. The molecule has 0 saturated carbocycles. The topological polar surface area (TPSA) is 55.1 Å². The van der Waals surface area contributed by atoms with Crippen molar-refractivity contribution in [1.29, 1.82) is 0 Å². The quantitative estimate of drug-likeness (QED) is 0.271. The first-order valence-electron chi connectivity index (χ1n) is 5.21. The number of nitrogens with one attached hydrogen (secondary N) is 1. The van der Waals surface area contributed by atoms with E-state index in [1.807, 2.05) is 5.43 Å². The molecule has 94 valence electrons. The fraction of sp³-hybridized carbons (Fsp3) is 0.364. The molecule has 0 heterocycles. The molecule has 0 bridgehead atoms. The summed E-state index contributed by atoms with van der Waals surface area (Å²) in [5.74, 6) is 4.47. The number of halogens is 2. The van der Waals surface area contributed by atoms with Gasteiger partial charge in [-0.2, -0.15) is 0 Å². The van der Waals surface area contributed by atoms with Gasteiger partial charge in [-0.1, -0.05) is 0 Å². The second-order valence-corrected chi connectivity index (χ2v) is 4.58. The van der Waals surface area contributed by atoms with Crippen molar-refractivity contribution in [2.24, 2.45) is 5.84 Å². The third kappa shape index (κ3) is 5.14. The van der Waals surface area contributed by atoms with Gasteiger partial charge in [0.1, 0.15) is 11.6 Å². The minimum absolute atomic E-state index is 0.216. The van der Waals surface area contributed by atoms with E-state index in [-0.39, 0.29) is 5.91 Å². The van der Waals surface area contributed by atoms with E-state index in [1.165, 1.54) is 17.8 Å². The van der Waals surface area contributed by atoms with Crippen molar-refractivity contribution in [3.63, 3.8) is 0 Å². The molecule has 17 heavy (non-hydrogen) atoms. The SMILES string of the molecule is NNC(=O)CCCCSc1cc(F)ccc1F. The van der Waals surface area contributed by atoms with Gasteiger partial charge in [-0.3, -0.25) is 10.2 Å². The third-order valence-corrected chi connectivity index (χ3v) is 3.23. The Morgan fingerprint density at radius 2 is 2.12 bits per heavy atom. The Morgan fingerprint density at radius 3 is 2.82 bits per heavy atom. The van der Waals surface area contributed by atoms with Crippen LogP contribution in [0.5, 0.6) is 0 Å². The van der Waals surface area contributed by atoms with Gasteiger partial charge in [-0.05, 0) is 36.8 Å². The number of thioether (sulfide) groups is 1. The molecule has 0 fully saturated rings. The van der Waals surface area contributed by atoms with Crippen LogP contribution in [-0.2, 0) is 4.79 Å². The Kier molecular flexibility index (Phi) is 5.93. The van der Waals surface area contributed by atoms with Crippen LogP contribution in [0.25, 0.3) is 0 Å². The standard InChI is InChI=1S/C11H14F2N2OS/c12-8-4-5-9(13)10(7-8)17-6-2-1-3-11(16)15-14/h4-5,7H,1-3,6,14H2,(H,15,16). The summed E-state index contributed by atoms with van der Waals surface area (Å²) >= 11 is 1.24. The maximum Gasteiger partial charge on any atom is 0.233 e. The van der Waals surface area contributed by atoms with Crippen molar-refractivity contribution in [2.75, 3.05) is 5.75 Å². The maximum absolute atomic E-state index is 13.2. The summed E-state index contributed by atoms with van der Waals surface area (Å²) in [7, 11) is 0. The molecule has 0 atom stereocenters. The first kappa shape index (κ1) is 13.9. The number of hydrogen-bond donors (Lipinski definition) is 2. The van der Waals surface area contributed by atoms with Gasteiger partial charge in [-0.25, -0.2) is 14.6 Å². The number of rotatable bonds is 6. The zero-order valence-electron chi connectivity index (χ0n) is 9.21. The lowest BCUT2D eigenvalue weighted by Gasteiger charge is -2.03. The van der Waals surface area contributed by atoms with Crippen LogP contribution >= 0.6 is 11.8 Å². The van der Waals surface area contributed by atoms with Crippen LogP contribution in [0.4, 0.5) is 8.78 Å². The van der Waals surface area contributed by atoms with Crippen LogP contribution in [-0.4, -0.2) is 11.7 Å². The van der Waals surface area contributed by atoms with E-state index in [9.17, 15) is 13.6 Å². The Labute approximate surface area is 103 Å². The van der Waals surface area contributed by atoms with Crippen molar-refractivity contribution >= 4 is 17.7 Å². The molecule has 0 spiro atoms. The van der Waals surface area contributed by atoms with Crippen molar-refractivity contribution in [3.05, 3.63) is 29.8 Å². The second-order valence-electron chi connectivity index (χ2n) is 3.45. The van der Waals surface area contributed by atoms with Gasteiger partial charge in [0.15, 0.2) is 0 Å². The Bertz CT molecular complexity index is 388. The van der Waals surface area contributed by atoms with Crippen molar-refractivity contribution in [3.8, 4) is 0 Å². The highest BCUT2D eigenvalue weighted by molar-refractivity contribution is 7.99. The zero-order valence-corrected chi connectivity index (χ0v) is 10.0. The van der Waals surface area contributed by atoms with Gasteiger partial charge in [-0.15, -0.1) is 11.8 Å². The summed E-state index contributed by atoms with van der Waals surface area (Å²) in [6, 6.07) is 3.37. The fourth-order valence-corrected chi connectivity index (χ4v) is 2.20. The number of nitrogens with two attached hydrogens (primary N) is 1. The summed E-state index contributed by atoms with van der Waals surface area (Å²) in [5.41, 5.74) is 2.03. The molecule has 3 N–H and O–H groups in total. The molecule has 1 amide bonds. The third-order valence-electron chi connectivity index (χ3n) is 2.11. The highest BCUT2D eigenvalue weighted by Crippen LogP contribution is 2.23. The predicted octanol–water partition coefficient (Wildman–Crippen LogP) is 2.22. The predicted molar refractivity (Wildman–Crippen MR) is 63.3 cm³/mol. The maximum atomic E-state index is 13.2. The lowest BCUT2D eigenvalue weighted by molar-refractivity contribution is -0.121. The lowest BCUT2D eigenvalue weighted by Crippen LogP contribution is -2.29. The normalized spacial score (nSPS) is 10.3. The molecule has 0 unspecified atom stereocenters. The molecule has 0 aliphatic heterocycles. The van der Waals surface area contributed by atoms with Crippen molar-refractivity contribution in [1.82, 2.24) is 5.43 Å². The fourth-order valence-electron chi connectivity index (χ4n) is 1.23. The van der Waals surface area contributed by atoms with Crippen LogP contribution in [0.1, 0.15) is 19.3 Å². The zero-order chi connectivity index (χ0) is 12.7. The van der Waals surface area contributed by atoms with Crippen molar-refractivity contribution < 1.29 is 13.6 Å². The van der Waals surface area contributed by atoms with Crippen molar-refractivity contribution in [2.45, 2.75) is 24.2 Å². The number of unbranched alkanes of at least 4 members (excludes halogenated alkanes) is 1. The van der Waals surface area contributed by atoms with Crippen LogP contribution in [0.3, 0.4) is 0 Å². The Hall–Kier alpha value is -1.14. The Balaban J connectivity index is 2.26. The van der Waals surface area contributed by atoms with Gasteiger partial charge >= 0.3 is 0 Å². The van der Waals surface area contributed by atoms with E-state index >= 15 is 0 Å². The summed E-state index contributed by atoms with van der Waals surface area (Å²) in [5, 5.41) is 0. The Morgan fingerprint density at radius 1 is 1.35 bits per heavy atom. The van der Waals surface area contributed by atoms with Crippen LogP contribution in [0, 0.1) is 11.6 Å². The molecule has 1 aromatic carbocycles. The smallest absolute Gasteiger partial charge is 0.233 e. The molecule has 1 aromatic rings. The second kappa shape index (κ2) is 7.24. The van der Waals surface area contributed by atoms with Gasteiger partial charge in [0, 0.05) is 11.3 Å². The summed E-state index contributed by atoms with van der Waals surface area (Å²) in [6.45, 7) is 0.